The van der Waals surface area contributed by atoms with E-state index in [0.717, 1.165) is 27.0 Å². The second kappa shape index (κ2) is 6.92. The van der Waals surface area contributed by atoms with Gasteiger partial charge in [-0.25, -0.2) is 4.39 Å². The maximum absolute atomic E-state index is 13.1. The predicted molar refractivity (Wildman–Crippen MR) is 105 cm³/mol. The summed E-state index contributed by atoms with van der Waals surface area (Å²) < 4.78 is 15.0. The topological polar surface area (TPSA) is 59.8 Å². The molecule has 5 nitrogen and oxygen atoms in total. The first kappa shape index (κ1) is 17.4. The average Bonchev–Trinajstić information content (AvgIpc) is 3.21. The fourth-order valence-corrected chi connectivity index (χ4v) is 3.93. The van der Waals surface area contributed by atoms with Crippen molar-refractivity contribution in [2.24, 2.45) is 0 Å². The maximum atomic E-state index is 13.1. The first-order valence-corrected chi connectivity index (χ1v) is 9.26. The molecule has 27 heavy (non-hydrogen) atoms. The number of hydrogen-bond acceptors (Lipinski definition) is 4. The van der Waals surface area contributed by atoms with E-state index in [1.165, 1.54) is 23.5 Å². The summed E-state index contributed by atoms with van der Waals surface area (Å²) in [6.45, 7) is 4.37. The quantitative estimate of drug-likeness (QED) is 0.565. The van der Waals surface area contributed by atoms with Gasteiger partial charge in [-0.15, -0.1) is 11.3 Å². The van der Waals surface area contributed by atoms with E-state index < -0.39 is 0 Å². The summed E-state index contributed by atoms with van der Waals surface area (Å²) in [5.74, 6) is -0.429. The van der Waals surface area contributed by atoms with Gasteiger partial charge in [-0.2, -0.15) is 5.10 Å². The van der Waals surface area contributed by atoms with E-state index in [1.807, 2.05) is 30.7 Å². The molecule has 0 aliphatic heterocycles. The van der Waals surface area contributed by atoms with E-state index in [9.17, 15) is 9.18 Å². The number of thiophene rings is 1. The normalized spacial score (nSPS) is 11.1. The Kier molecular flexibility index (Phi) is 4.45. The molecule has 3 heterocycles. The number of pyridine rings is 1. The van der Waals surface area contributed by atoms with Crippen molar-refractivity contribution < 1.29 is 9.18 Å². The lowest BCUT2D eigenvalue weighted by Gasteiger charge is -2.06. The Morgan fingerprint density at radius 2 is 2.00 bits per heavy atom. The first-order chi connectivity index (χ1) is 13.0. The Balaban J connectivity index is 1.63. The molecule has 0 bridgehead atoms. The van der Waals surface area contributed by atoms with Gasteiger partial charge in [0, 0.05) is 11.6 Å². The number of nitrogens with one attached hydrogen (secondary N) is 1. The van der Waals surface area contributed by atoms with Gasteiger partial charge in [0.25, 0.3) is 5.91 Å². The number of anilines is 1. The molecule has 1 aromatic carbocycles. The highest BCUT2D eigenvalue weighted by Gasteiger charge is 2.17. The van der Waals surface area contributed by atoms with Crippen molar-refractivity contribution in [1.82, 2.24) is 14.8 Å². The second-order valence-corrected chi connectivity index (χ2v) is 7.37. The second-order valence-electron chi connectivity index (χ2n) is 6.34. The molecule has 7 heteroatoms. The van der Waals surface area contributed by atoms with Crippen molar-refractivity contribution in [3.8, 4) is 0 Å². The molecule has 1 amide bonds. The standard InChI is InChI=1S/C20H17FN4OS/c1-12-7-8-22-10-17(12)23-19(26)18-9-16-13(2)24-25(20(16)27-18)11-14-3-5-15(21)6-4-14/h3-10H,11H2,1-2H3,(H,23,26). The van der Waals surface area contributed by atoms with E-state index in [1.54, 1.807) is 24.5 Å². The van der Waals surface area contributed by atoms with Crippen LogP contribution < -0.4 is 5.32 Å². The van der Waals surface area contributed by atoms with E-state index in [2.05, 4.69) is 15.4 Å². The SMILES string of the molecule is Cc1ccncc1NC(=O)c1cc2c(C)nn(Cc3ccc(F)cc3)c2s1. The number of benzene rings is 1. The summed E-state index contributed by atoms with van der Waals surface area (Å²) >= 11 is 1.39. The van der Waals surface area contributed by atoms with Crippen LogP contribution in [0.25, 0.3) is 10.2 Å². The molecule has 0 atom stereocenters. The van der Waals surface area contributed by atoms with Crippen molar-refractivity contribution in [2.75, 3.05) is 5.32 Å². The largest absolute Gasteiger partial charge is 0.320 e. The summed E-state index contributed by atoms with van der Waals surface area (Å²) in [7, 11) is 0. The van der Waals surface area contributed by atoms with Crippen LogP contribution in [-0.4, -0.2) is 20.7 Å². The van der Waals surface area contributed by atoms with Crippen LogP contribution in [0.15, 0.2) is 48.8 Å². The van der Waals surface area contributed by atoms with Crippen molar-refractivity contribution in [3.63, 3.8) is 0 Å². The molecule has 136 valence electrons. The number of amides is 1. The first-order valence-electron chi connectivity index (χ1n) is 8.44. The number of fused-ring (bicyclic) bond motifs is 1. The number of carbonyl (C=O) groups excluding carboxylic acids is 1. The molecule has 0 spiro atoms. The molecule has 0 saturated heterocycles. The van der Waals surface area contributed by atoms with Crippen molar-refractivity contribution in [2.45, 2.75) is 20.4 Å². The monoisotopic (exact) mass is 380 g/mol. The molecule has 4 aromatic rings. The van der Waals surface area contributed by atoms with Gasteiger partial charge in [-0.3, -0.25) is 14.5 Å². The Labute approximate surface area is 159 Å². The maximum Gasteiger partial charge on any atom is 0.265 e. The summed E-state index contributed by atoms with van der Waals surface area (Å²) in [5.41, 5.74) is 3.47. The zero-order valence-corrected chi connectivity index (χ0v) is 15.7. The Hall–Kier alpha value is -3.06. The van der Waals surface area contributed by atoms with Crippen LogP contribution in [0, 0.1) is 19.7 Å². The summed E-state index contributed by atoms with van der Waals surface area (Å²) in [4.78, 5) is 18.2. The van der Waals surface area contributed by atoms with Gasteiger partial charge in [0.2, 0.25) is 0 Å². The van der Waals surface area contributed by atoms with Crippen LogP contribution in [0.2, 0.25) is 0 Å². The van der Waals surface area contributed by atoms with Crippen molar-refractivity contribution in [1.29, 1.82) is 0 Å². The number of nitrogens with zero attached hydrogens (tertiary/aromatic N) is 3. The average molecular weight is 380 g/mol. The van der Waals surface area contributed by atoms with E-state index in [-0.39, 0.29) is 11.7 Å². The highest BCUT2D eigenvalue weighted by molar-refractivity contribution is 7.20. The lowest BCUT2D eigenvalue weighted by molar-refractivity contribution is 0.103. The van der Waals surface area contributed by atoms with Gasteiger partial charge in [-0.1, -0.05) is 12.1 Å². The van der Waals surface area contributed by atoms with Gasteiger partial charge < -0.3 is 5.32 Å². The van der Waals surface area contributed by atoms with Crippen LogP contribution in [0.3, 0.4) is 0 Å². The minimum absolute atomic E-state index is 0.167. The van der Waals surface area contributed by atoms with Crippen LogP contribution in [-0.2, 0) is 6.54 Å². The Morgan fingerprint density at radius 1 is 1.22 bits per heavy atom. The van der Waals surface area contributed by atoms with Crippen molar-refractivity contribution in [3.05, 3.63) is 76.3 Å². The van der Waals surface area contributed by atoms with Gasteiger partial charge in [0.05, 0.1) is 29.0 Å². The van der Waals surface area contributed by atoms with Crippen molar-refractivity contribution >= 4 is 33.1 Å². The van der Waals surface area contributed by atoms with E-state index in [0.29, 0.717) is 17.1 Å². The number of aromatic nitrogens is 3. The molecule has 0 unspecified atom stereocenters. The summed E-state index contributed by atoms with van der Waals surface area (Å²) in [5, 5.41) is 8.42. The van der Waals surface area contributed by atoms with Crippen LogP contribution in [0.4, 0.5) is 10.1 Å². The highest BCUT2D eigenvalue weighted by Crippen LogP contribution is 2.29. The molecular formula is C20H17FN4OS. The number of aryl methyl sites for hydroxylation is 2. The molecule has 0 aliphatic carbocycles. The van der Waals surface area contributed by atoms with E-state index >= 15 is 0 Å². The van der Waals surface area contributed by atoms with Gasteiger partial charge in [0.1, 0.15) is 10.6 Å². The van der Waals surface area contributed by atoms with Gasteiger partial charge >= 0.3 is 0 Å². The minimum Gasteiger partial charge on any atom is -0.320 e. The third-order valence-corrected chi connectivity index (χ3v) is 5.51. The molecule has 1 N–H and O–H groups in total. The smallest absolute Gasteiger partial charge is 0.265 e. The zero-order chi connectivity index (χ0) is 19.0. The number of rotatable bonds is 4. The number of halogens is 1. The third kappa shape index (κ3) is 3.46. The van der Waals surface area contributed by atoms with Crippen LogP contribution in [0.5, 0.6) is 0 Å². The molecule has 3 aromatic heterocycles. The van der Waals surface area contributed by atoms with Crippen LogP contribution >= 0.6 is 11.3 Å². The third-order valence-electron chi connectivity index (χ3n) is 4.36. The minimum atomic E-state index is -0.263. The van der Waals surface area contributed by atoms with Gasteiger partial charge in [0.15, 0.2) is 0 Å². The molecule has 0 saturated carbocycles. The predicted octanol–water partition coefficient (Wildman–Crippen LogP) is 4.55. The zero-order valence-electron chi connectivity index (χ0n) is 14.9. The fourth-order valence-electron chi connectivity index (χ4n) is 2.87. The lowest BCUT2D eigenvalue weighted by Crippen LogP contribution is -2.11. The number of carbonyl (C=O) groups is 1. The molecule has 0 radical (unpaired) electrons. The molecule has 0 aliphatic rings. The highest BCUT2D eigenvalue weighted by atomic mass is 32.1. The molecule has 0 fully saturated rings. The fraction of sp³-hybridized carbons (Fsp3) is 0.150. The molecule has 4 rings (SSSR count). The summed E-state index contributed by atoms with van der Waals surface area (Å²) in [6.07, 6.45) is 3.33. The van der Waals surface area contributed by atoms with E-state index in [4.69, 9.17) is 0 Å². The van der Waals surface area contributed by atoms with Gasteiger partial charge in [-0.05, 0) is 49.2 Å². The number of hydrogen-bond donors (Lipinski definition) is 1. The Morgan fingerprint density at radius 3 is 2.74 bits per heavy atom. The summed E-state index contributed by atoms with van der Waals surface area (Å²) in [6, 6.07) is 10.1. The molecular weight excluding hydrogens is 363 g/mol. The van der Waals surface area contributed by atoms with Crippen LogP contribution in [0.1, 0.15) is 26.5 Å². The lowest BCUT2D eigenvalue weighted by atomic mass is 10.2. The Bertz CT molecular complexity index is 1130.